The predicted octanol–water partition coefficient (Wildman–Crippen LogP) is 1.73. The quantitative estimate of drug-likeness (QED) is 0.198. The molecule has 3 fully saturated rings. The molecule has 3 unspecified atom stereocenters. The van der Waals surface area contributed by atoms with E-state index in [0.29, 0.717) is 5.69 Å². The zero-order valence-corrected chi connectivity index (χ0v) is 29.6. The summed E-state index contributed by atoms with van der Waals surface area (Å²) in [6.45, 7) is 3.08. The summed E-state index contributed by atoms with van der Waals surface area (Å²) in [5.74, 6) is -4.32. The van der Waals surface area contributed by atoms with Gasteiger partial charge in [-0.05, 0) is 43.9 Å². The lowest BCUT2D eigenvalue weighted by Gasteiger charge is -2.37. The second-order valence-corrected chi connectivity index (χ2v) is 14.7. The van der Waals surface area contributed by atoms with Crippen LogP contribution in [0.1, 0.15) is 105 Å². The number of nitrogens with one attached hydrogen (secondary N) is 2. The van der Waals surface area contributed by atoms with E-state index in [-0.39, 0.29) is 56.9 Å². The number of nitrogens with zero attached hydrogens (tertiary/aromatic N) is 4. The first-order valence-corrected chi connectivity index (χ1v) is 17.7. The van der Waals surface area contributed by atoms with Crippen molar-refractivity contribution in [1.82, 2.24) is 30.5 Å². The van der Waals surface area contributed by atoms with Crippen LogP contribution in [-0.2, 0) is 29.5 Å². The Morgan fingerprint density at radius 3 is 2.28 bits per heavy atom. The van der Waals surface area contributed by atoms with E-state index in [0.717, 1.165) is 56.4 Å². The second-order valence-electron chi connectivity index (χ2n) is 14.7. The monoisotopic (exact) mass is 749 g/mol. The minimum atomic E-state index is -4.91. The Balaban J connectivity index is 1.47. The summed E-state index contributed by atoms with van der Waals surface area (Å²) < 4.78 is 46.0. The molecule has 1 aromatic carbocycles. The molecule has 5 rings (SSSR count). The number of carbonyl (C=O) groups is 5. The summed E-state index contributed by atoms with van der Waals surface area (Å²) in [6, 6.07) is 1.11. The molecule has 15 nitrogen and oxygen atoms in total. The maximum Gasteiger partial charge on any atom is 0.418 e. The first-order valence-electron chi connectivity index (χ1n) is 17.7. The van der Waals surface area contributed by atoms with Crippen LogP contribution in [0.25, 0.3) is 0 Å². The number of amides is 4. The normalized spacial score (nSPS) is 22.1. The van der Waals surface area contributed by atoms with Crippen molar-refractivity contribution in [1.29, 1.82) is 0 Å². The fraction of sp³-hybridized carbons (Fsp3) is 0.629. The molecule has 4 atom stereocenters. The lowest BCUT2D eigenvalue weighted by Crippen LogP contribution is -2.64. The average Bonchev–Trinajstić information content (AvgIpc) is 3.80. The molecule has 53 heavy (non-hydrogen) atoms. The second kappa shape index (κ2) is 15.9. The molecule has 290 valence electrons. The van der Waals surface area contributed by atoms with Gasteiger partial charge in [0.25, 0.3) is 11.8 Å². The average molecular weight is 750 g/mol. The minimum Gasteiger partial charge on any atom is -0.384 e. The third-order valence-electron chi connectivity index (χ3n) is 10.5. The van der Waals surface area contributed by atoms with E-state index in [1.807, 2.05) is 0 Å². The largest absolute Gasteiger partial charge is 0.418 e. The van der Waals surface area contributed by atoms with Crippen molar-refractivity contribution in [3.8, 4) is 0 Å². The van der Waals surface area contributed by atoms with E-state index in [1.54, 1.807) is 0 Å². The van der Waals surface area contributed by atoms with Crippen molar-refractivity contribution in [3.63, 3.8) is 0 Å². The number of alkyl halides is 3. The Bertz CT molecular complexity index is 1660. The van der Waals surface area contributed by atoms with E-state index >= 15 is 0 Å². The molecule has 2 aromatic rings. The van der Waals surface area contributed by atoms with E-state index < -0.39 is 76.5 Å². The lowest BCUT2D eigenvalue weighted by molar-refractivity contribution is -0.206. The van der Waals surface area contributed by atoms with Gasteiger partial charge < -0.3 is 36.2 Å². The van der Waals surface area contributed by atoms with Gasteiger partial charge in [0, 0.05) is 44.6 Å². The van der Waals surface area contributed by atoms with Gasteiger partial charge in [0.15, 0.2) is 6.10 Å². The number of ketones is 1. The fourth-order valence-electron chi connectivity index (χ4n) is 7.54. The number of benzene rings is 1. The van der Waals surface area contributed by atoms with Crippen molar-refractivity contribution >= 4 is 29.4 Å². The first-order chi connectivity index (χ1) is 24.9. The number of nitrogens with two attached hydrogens (primary N) is 1. The molecule has 0 radical (unpaired) electrons. The summed E-state index contributed by atoms with van der Waals surface area (Å²) in [5.41, 5.74) is 2.11. The smallest absolute Gasteiger partial charge is 0.384 e. The van der Waals surface area contributed by atoms with Crippen LogP contribution in [-0.4, -0.2) is 103 Å². The zero-order valence-electron chi connectivity index (χ0n) is 29.6. The topological polar surface area (TPSA) is 219 Å². The molecule has 3 heterocycles. The van der Waals surface area contributed by atoms with Crippen molar-refractivity contribution in [2.45, 2.75) is 113 Å². The molecule has 1 aromatic heterocycles. The number of halogens is 3. The number of hydrogen-bond acceptors (Lipinski definition) is 10. The summed E-state index contributed by atoms with van der Waals surface area (Å²) in [6.07, 6.45) is -1.71. The maximum atomic E-state index is 14.7. The Hall–Kier alpha value is -4.42. The Labute approximate surface area is 303 Å². The Kier molecular flexibility index (Phi) is 11.9. The van der Waals surface area contributed by atoms with Crippen LogP contribution >= 0.6 is 0 Å². The molecule has 0 bridgehead atoms. The van der Waals surface area contributed by atoms with Gasteiger partial charge in [-0.25, -0.2) is 4.68 Å². The number of ether oxygens (including phenoxy) is 1. The van der Waals surface area contributed by atoms with E-state index in [2.05, 4.69) is 20.9 Å². The third kappa shape index (κ3) is 9.04. The molecule has 2 aliphatic heterocycles. The Morgan fingerprint density at radius 1 is 1.06 bits per heavy atom. The van der Waals surface area contributed by atoms with Gasteiger partial charge in [0.1, 0.15) is 23.2 Å². The number of primary amides is 1. The van der Waals surface area contributed by atoms with Crippen LogP contribution in [0.3, 0.4) is 0 Å². The third-order valence-corrected chi connectivity index (χ3v) is 10.5. The zero-order chi connectivity index (χ0) is 38.7. The van der Waals surface area contributed by atoms with Crippen LogP contribution in [0.5, 0.6) is 0 Å². The summed E-state index contributed by atoms with van der Waals surface area (Å²) in [5, 5.41) is 34.0. The van der Waals surface area contributed by atoms with Crippen molar-refractivity contribution in [2.75, 3.05) is 19.8 Å². The summed E-state index contributed by atoms with van der Waals surface area (Å²) in [7, 11) is 0. The first kappa shape index (κ1) is 39.8. The molecule has 0 spiro atoms. The highest BCUT2D eigenvalue weighted by atomic mass is 19.4. The van der Waals surface area contributed by atoms with Gasteiger partial charge in [-0.3, -0.25) is 24.0 Å². The molecule has 1 aliphatic carbocycles. The number of carbonyl (C=O) groups excluding carboxylic acids is 5. The van der Waals surface area contributed by atoms with Gasteiger partial charge in [0.2, 0.25) is 17.6 Å². The van der Waals surface area contributed by atoms with Crippen molar-refractivity contribution in [2.24, 2.45) is 11.7 Å². The number of rotatable bonds is 12. The number of hydrogen-bond donors (Lipinski definition) is 5. The number of aliphatic hydroxyl groups excluding tert-OH is 1. The molecule has 6 N–H and O–H groups in total. The van der Waals surface area contributed by atoms with Gasteiger partial charge in [-0.2, -0.15) is 13.2 Å². The van der Waals surface area contributed by atoms with Crippen LogP contribution in [0.2, 0.25) is 0 Å². The molecule has 18 heteroatoms. The predicted molar refractivity (Wildman–Crippen MR) is 179 cm³/mol. The van der Waals surface area contributed by atoms with E-state index in [9.17, 15) is 47.4 Å². The highest BCUT2D eigenvalue weighted by Gasteiger charge is 2.49. The minimum absolute atomic E-state index is 0.0321. The van der Waals surface area contributed by atoms with Crippen LogP contribution in [0, 0.1) is 5.92 Å². The van der Waals surface area contributed by atoms with Gasteiger partial charge in [-0.15, -0.1) is 5.10 Å². The van der Waals surface area contributed by atoms with Gasteiger partial charge in [0.05, 0.1) is 17.9 Å². The maximum absolute atomic E-state index is 14.7. The number of aliphatic hydroxyl groups is 2. The lowest BCUT2D eigenvalue weighted by atomic mass is 9.84. The summed E-state index contributed by atoms with van der Waals surface area (Å²) >= 11 is 0. The van der Waals surface area contributed by atoms with Crippen molar-refractivity contribution in [3.05, 3.63) is 47.3 Å². The Morgan fingerprint density at radius 2 is 1.70 bits per heavy atom. The number of aromatic nitrogens is 3. The standard InChI is InChI=1S/C35H46F3N7O8/c1-33(2,52)26-18-40-43-45(26)23-17-25(31(50)42-34(28(47)29(39)48)12-14-53-15-13-34)44(19-23)32(51)24(16-20-6-4-3-5-7-20)41-30(49)22-10-8-21(9-11-22)27(46)35(36,37)38/h8-11,18,20,23-25,27,46,52H,3-7,12-17,19H2,1-2H3,(H2,39,48)(H,41,49)(H,42,50)/t23?,24-,25?,27?/m1/s1. The van der Waals surface area contributed by atoms with Crippen LogP contribution in [0.15, 0.2) is 30.5 Å². The highest BCUT2D eigenvalue weighted by molar-refractivity contribution is 6.39. The van der Waals surface area contributed by atoms with E-state index in [4.69, 9.17) is 10.5 Å². The van der Waals surface area contributed by atoms with Crippen LogP contribution in [0.4, 0.5) is 13.2 Å². The van der Waals surface area contributed by atoms with E-state index in [1.165, 1.54) is 29.6 Å². The molecule has 3 aliphatic rings. The molecular formula is C35H46F3N7O8. The SMILES string of the molecule is CC(C)(O)c1cnnn1C1CC(C(=O)NC2(C(=O)C(N)=O)CCOCC2)N(C(=O)[C@@H](CC2CCCCC2)NC(=O)c2ccc(C(O)C(F)(F)F)cc2)C1. The highest BCUT2D eigenvalue weighted by Crippen LogP contribution is 2.35. The summed E-state index contributed by atoms with van der Waals surface area (Å²) in [4.78, 5) is 69.0. The molecular weight excluding hydrogens is 703 g/mol. The van der Waals surface area contributed by atoms with Crippen LogP contribution < -0.4 is 16.4 Å². The molecule has 4 amide bonds. The van der Waals surface area contributed by atoms with Gasteiger partial charge >= 0.3 is 6.18 Å². The molecule has 2 saturated heterocycles. The number of Topliss-reactive ketones (excluding diaryl/α,β-unsaturated/α-hetero) is 1. The number of likely N-dealkylation sites (tertiary alicyclic amines) is 1. The van der Waals surface area contributed by atoms with Crippen molar-refractivity contribution < 1.29 is 52.1 Å². The van der Waals surface area contributed by atoms with Gasteiger partial charge in [-0.1, -0.05) is 49.5 Å². The fourth-order valence-corrected chi connectivity index (χ4v) is 7.54. The molecule has 1 saturated carbocycles.